The van der Waals surface area contributed by atoms with E-state index in [1.165, 1.54) is 42.8 Å². The predicted octanol–water partition coefficient (Wildman–Crippen LogP) is 5.49. The van der Waals surface area contributed by atoms with E-state index in [1.54, 1.807) is 5.57 Å². The largest absolute Gasteiger partial charge is 0.490 e. The Morgan fingerprint density at radius 1 is 0.923 bits per heavy atom. The van der Waals surface area contributed by atoms with E-state index in [9.17, 15) is 0 Å². The third-order valence-corrected chi connectivity index (χ3v) is 9.80. The summed E-state index contributed by atoms with van der Waals surface area (Å²) in [5.41, 5.74) is 2.54. The Balaban J connectivity index is 1.93. The number of benzene rings is 1. The van der Waals surface area contributed by atoms with Crippen molar-refractivity contribution in [2.75, 3.05) is 0 Å². The van der Waals surface area contributed by atoms with Crippen LogP contribution in [0.5, 0.6) is 0 Å². The van der Waals surface area contributed by atoms with Gasteiger partial charge < -0.3 is 9.31 Å². The summed E-state index contributed by atoms with van der Waals surface area (Å²) in [6.07, 6.45) is 6.42. The first-order valence-corrected chi connectivity index (χ1v) is 13.5. The van der Waals surface area contributed by atoms with E-state index >= 15 is 0 Å². The zero-order valence-corrected chi connectivity index (χ0v) is 18.5. The molecular formula is C22H35BO2Si. The standard InChI is InChI=1S/C22H35BO2Si/c1-21(2)22(3,4)25-23(24-21)20(18-13-9-7-10-14-18)17-26(5,6)19-15-11-8-12-16-19/h8,11-12,15-16H,7,9-10,13-14,17H2,1-6H3. The Kier molecular flexibility index (Phi) is 5.58. The van der Waals surface area contributed by atoms with Crippen LogP contribution in [0.1, 0.15) is 59.8 Å². The van der Waals surface area contributed by atoms with E-state index in [1.807, 2.05) is 0 Å². The van der Waals surface area contributed by atoms with Crippen molar-refractivity contribution >= 4 is 20.4 Å². The highest BCUT2D eigenvalue weighted by Crippen LogP contribution is 2.42. The molecule has 0 amide bonds. The summed E-state index contributed by atoms with van der Waals surface area (Å²) in [6, 6.07) is 12.2. The average Bonchev–Trinajstić information content (AvgIpc) is 2.82. The first kappa shape index (κ1) is 19.9. The molecule has 0 spiro atoms. The molecule has 0 radical (unpaired) electrons. The van der Waals surface area contributed by atoms with E-state index in [2.05, 4.69) is 71.1 Å². The summed E-state index contributed by atoms with van der Waals surface area (Å²) >= 11 is 0. The van der Waals surface area contributed by atoms with Crippen molar-refractivity contribution < 1.29 is 9.31 Å². The second-order valence-corrected chi connectivity index (χ2v) is 14.4. The molecule has 142 valence electrons. The molecule has 2 fully saturated rings. The normalized spacial score (nSPS) is 22.5. The van der Waals surface area contributed by atoms with Crippen LogP contribution in [0.3, 0.4) is 0 Å². The lowest BCUT2D eigenvalue weighted by Crippen LogP contribution is -2.43. The zero-order chi connectivity index (χ0) is 19.0. The topological polar surface area (TPSA) is 18.5 Å². The maximum Gasteiger partial charge on any atom is 0.490 e. The minimum Gasteiger partial charge on any atom is -0.400 e. The van der Waals surface area contributed by atoms with Gasteiger partial charge in [-0.15, -0.1) is 0 Å². The summed E-state index contributed by atoms with van der Waals surface area (Å²) in [7, 11) is -1.78. The molecule has 0 aromatic heterocycles. The highest BCUT2D eigenvalue weighted by molar-refractivity contribution is 6.91. The maximum atomic E-state index is 6.50. The minimum atomic E-state index is -1.60. The van der Waals surface area contributed by atoms with Gasteiger partial charge in [0.15, 0.2) is 0 Å². The lowest BCUT2D eigenvalue weighted by atomic mass is 9.73. The number of hydrogen-bond donors (Lipinski definition) is 0. The molecule has 2 aliphatic rings. The summed E-state index contributed by atoms with van der Waals surface area (Å²) in [6.45, 7) is 13.6. The van der Waals surface area contributed by atoms with Gasteiger partial charge in [0.25, 0.3) is 0 Å². The van der Waals surface area contributed by atoms with Gasteiger partial charge in [0, 0.05) is 0 Å². The van der Waals surface area contributed by atoms with Gasteiger partial charge in [0.05, 0.1) is 19.3 Å². The van der Waals surface area contributed by atoms with Crippen molar-refractivity contribution in [3.8, 4) is 0 Å². The van der Waals surface area contributed by atoms with Gasteiger partial charge >= 0.3 is 7.12 Å². The fourth-order valence-corrected chi connectivity index (χ4v) is 6.80. The van der Waals surface area contributed by atoms with Gasteiger partial charge in [-0.25, -0.2) is 0 Å². The van der Waals surface area contributed by atoms with E-state index in [4.69, 9.17) is 9.31 Å². The Morgan fingerprint density at radius 3 is 2.00 bits per heavy atom. The Bertz CT molecular complexity index is 640. The maximum absolute atomic E-state index is 6.50. The lowest BCUT2D eigenvalue weighted by molar-refractivity contribution is 0.00578. The Hall–Kier alpha value is -0.838. The monoisotopic (exact) mass is 370 g/mol. The van der Waals surface area contributed by atoms with Gasteiger partial charge in [0.2, 0.25) is 0 Å². The first-order chi connectivity index (χ1) is 12.1. The summed E-state index contributed by atoms with van der Waals surface area (Å²) in [5.74, 6) is 0. The molecule has 1 saturated heterocycles. The Labute approximate surface area is 161 Å². The van der Waals surface area contributed by atoms with Crippen LogP contribution in [-0.4, -0.2) is 26.4 Å². The van der Waals surface area contributed by atoms with Crippen LogP contribution >= 0.6 is 0 Å². The van der Waals surface area contributed by atoms with Crippen molar-refractivity contribution in [1.29, 1.82) is 0 Å². The van der Waals surface area contributed by atoms with Crippen molar-refractivity contribution in [2.45, 2.75) is 90.1 Å². The molecule has 1 aliphatic carbocycles. The van der Waals surface area contributed by atoms with Crippen molar-refractivity contribution in [3.63, 3.8) is 0 Å². The van der Waals surface area contributed by atoms with Gasteiger partial charge in [-0.3, -0.25) is 0 Å². The molecule has 1 aromatic rings. The minimum absolute atomic E-state index is 0.177. The second kappa shape index (κ2) is 7.29. The molecule has 1 saturated carbocycles. The number of allylic oxidation sites excluding steroid dienone is 2. The molecule has 0 N–H and O–H groups in total. The fourth-order valence-electron chi connectivity index (χ4n) is 4.13. The van der Waals surface area contributed by atoms with Crippen LogP contribution in [0.25, 0.3) is 0 Å². The number of hydrogen-bond acceptors (Lipinski definition) is 2. The molecule has 1 aromatic carbocycles. The molecule has 1 heterocycles. The lowest BCUT2D eigenvalue weighted by Gasteiger charge is -2.32. The second-order valence-electron chi connectivity index (χ2n) is 9.70. The van der Waals surface area contributed by atoms with E-state index in [-0.39, 0.29) is 18.3 Å². The molecule has 0 unspecified atom stereocenters. The molecule has 3 rings (SSSR count). The van der Waals surface area contributed by atoms with Crippen molar-refractivity contribution in [3.05, 3.63) is 41.4 Å². The van der Waals surface area contributed by atoms with Crippen LogP contribution in [0.4, 0.5) is 0 Å². The van der Waals surface area contributed by atoms with Crippen molar-refractivity contribution in [1.82, 2.24) is 0 Å². The molecule has 4 heteroatoms. The predicted molar refractivity (Wildman–Crippen MR) is 115 cm³/mol. The highest BCUT2D eigenvalue weighted by atomic mass is 28.3. The van der Waals surface area contributed by atoms with E-state index < -0.39 is 8.07 Å². The smallest absolute Gasteiger partial charge is 0.400 e. The van der Waals surface area contributed by atoms with Crippen LogP contribution in [0.15, 0.2) is 41.4 Å². The third-order valence-electron chi connectivity index (χ3n) is 6.64. The van der Waals surface area contributed by atoms with Gasteiger partial charge in [-0.2, -0.15) is 0 Å². The van der Waals surface area contributed by atoms with Crippen LogP contribution in [0.2, 0.25) is 19.1 Å². The quantitative estimate of drug-likeness (QED) is 0.652. The number of rotatable bonds is 4. The fraction of sp³-hybridized carbons (Fsp3) is 0.636. The van der Waals surface area contributed by atoms with Gasteiger partial charge in [-0.1, -0.05) is 60.6 Å². The van der Waals surface area contributed by atoms with E-state index in [0.717, 1.165) is 6.04 Å². The molecule has 0 bridgehead atoms. The SMILES string of the molecule is CC1(C)OB(C(C[Si](C)(C)c2ccccc2)=C2CCCCC2)OC1(C)C. The highest BCUT2D eigenvalue weighted by Gasteiger charge is 2.53. The van der Waals surface area contributed by atoms with Crippen LogP contribution in [0, 0.1) is 0 Å². The average molecular weight is 370 g/mol. The van der Waals surface area contributed by atoms with Gasteiger partial charge in [0.1, 0.15) is 0 Å². The molecule has 26 heavy (non-hydrogen) atoms. The van der Waals surface area contributed by atoms with Gasteiger partial charge in [-0.05, 0) is 64.9 Å². The van der Waals surface area contributed by atoms with E-state index in [0.29, 0.717) is 0 Å². The molecule has 2 nitrogen and oxygen atoms in total. The summed E-state index contributed by atoms with van der Waals surface area (Å²) in [5, 5.41) is 1.52. The van der Waals surface area contributed by atoms with Crippen LogP contribution < -0.4 is 5.19 Å². The first-order valence-electron chi connectivity index (χ1n) is 10.2. The summed E-state index contributed by atoms with van der Waals surface area (Å²) < 4.78 is 13.0. The zero-order valence-electron chi connectivity index (χ0n) is 17.5. The Morgan fingerprint density at radius 2 is 1.46 bits per heavy atom. The molecule has 1 aliphatic heterocycles. The summed E-state index contributed by atoms with van der Waals surface area (Å²) in [4.78, 5) is 0. The van der Waals surface area contributed by atoms with Crippen LogP contribution in [-0.2, 0) is 9.31 Å². The molecular weight excluding hydrogens is 335 g/mol. The molecule has 0 atom stereocenters. The third kappa shape index (κ3) is 4.03. The van der Waals surface area contributed by atoms with Crippen molar-refractivity contribution in [2.24, 2.45) is 0 Å².